The first-order chi connectivity index (χ1) is 16.0. The molecule has 182 valence electrons. The SMILES string of the molecule is CCS(=O)(=O)NC[C@H]1CCN(C(=O)c2coc3c(C(C)(C)C)cc(-c4ccc[nH]c4=O)cc23)C1. The van der Waals surface area contributed by atoms with Gasteiger partial charge in [-0.3, -0.25) is 9.59 Å². The summed E-state index contributed by atoms with van der Waals surface area (Å²) in [6, 6.07) is 7.33. The van der Waals surface area contributed by atoms with Crippen molar-refractivity contribution in [2.24, 2.45) is 5.92 Å². The van der Waals surface area contributed by atoms with E-state index < -0.39 is 10.0 Å². The van der Waals surface area contributed by atoms with Crippen LogP contribution in [0.1, 0.15) is 50.0 Å². The number of hydrogen-bond donors (Lipinski definition) is 2. The van der Waals surface area contributed by atoms with Crippen LogP contribution in [0.25, 0.3) is 22.1 Å². The fourth-order valence-electron chi connectivity index (χ4n) is 4.37. The molecule has 8 nitrogen and oxygen atoms in total. The number of likely N-dealkylation sites (tertiary alicyclic amines) is 1. The molecule has 2 aromatic heterocycles. The second-order valence-corrected chi connectivity index (χ2v) is 12.0. The van der Waals surface area contributed by atoms with Crippen molar-refractivity contribution in [3.63, 3.8) is 0 Å². The number of amides is 1. The molecule has 0 radical (unpaired) electrons. The Bertz CT molecular complexity index is 1380. The number of pyridine rings is 1. The predicted octanol–water partition coefficient (Wildman–Crippen LogP) is 3.49. The summed E-state index contributed by atoms with van der Waals surface area (Å²) in [7, 11) is -3.27. The van der Waals surface area contributed by atoms with Crippen molar-refractivity contribution in [3.8, 4) is 11.1 Å². The monoisotopic (exact) mass is 485 g/mol. The van der Waals surface area contributed by atoms with Gasteiger partial charge in [-0.05, 0) is 54.5 Å². The number of rotatable bonds is 6. The molecule has 0 unspecified atom stereocenters. The number of furan rings is 1. The van der Waals surface area contributed by atoms with Crippen molar-refractivity contribution in [3.05, 3.63) is 58.2 Å². The summed E-state index contributed by atoms with van der Waals surface area (Å²) in [6.45, 7) is 9.13. The number of sulfonamides is 1. The van der Waals surface area contributed by atoms with E-state index in [-0.39, 0.29) is 28.6 Å². The van der Waals surface area contributed by atoms with Crippen molar-refractivity contribution in [1.82, 2.24) is 14.6 Å². The molecule has 1 aliphatic rings. The van der Waals surface area contributed by atoms with Crippen LogP contribution < -0.4 is 10.3 Å². The Morgan fingerprint density at radius 3 is 2.74 bits per heavy atom. The largest absolute Gasteiger partial charge is 0.463 e. The fourth-order valence-corrected chi connectivity index (χ4v) is 5.06. The van der Waals surface area contributed by atoms with Gasteiger partial charge in [0.2, 0.25) is 10.0 Å². The maximum absolute atomic E-state index is 13.5. The van der Waals surface area contributed by atoms with Crippen LogP contribution in [0.5, 0.6) is 0 Å². The van der Waals surface area contributed by atoms with Crippen molar-refractivity contribution in [2.75, 3.05) is 25.4 Å². The Kier molecular flexibility index (Phi) is 6.44. The van der Waals surface area contributed by atoms with Crippen LogP contribution in [0.4, 0.5) is 0 Å². The van der Waals surface area contributed by atoms with Crippen molar-refractivity contribution in [2.45, 2.75) is 39.5 Å². The van der Waals surface area contributed by atoms with Gasteiger partial charge in [0.25, 0.3) is 11.5 Å². The normalized spacial score (nSPS) is 16.9. The summed E-state index contributed by atoms with van der Waals surface area (Å²) in [5.41, 5.74) is 2.78. The molecule has 3 aromatic rings. The lowest BCUT2D eigenvalue weighted by atomic mass is 9.84. The van der Waals surface area contributed by atoms with Crippen molar-refractivity contribution < 1.29 is 17.6 Å². The van der Waals surface area contributed by atoms with Crippen molar-refractivity contribution in [1.29, 1.82) is 0 Å². The first kappa shape index (κ1) is 24.2. The molecule has 1 fully saturated rings. The molecule has 1 amide bonds. The van der Waals surface area contributed by atoms with Crippen LogP contribution in [0, 0.1) is 5.92 Å². The predicted molar refractivity (Wildman–Crippen MR) is 132 cm³/mol. The zero-order chi connectivity index (χ0) is 24.7. The van der Waals surface area contributed by atoms with Crippen LogP contribution in [0.2, 0.25) is 0 Å². The molecule has 1 atom stereocenters. The summed E-state index contributed by atoms with van der Waals surface area (Å²) < 4.78 is 32.1. The number of carbonyl (C=O) groups excluding carboxylic acids is 1. The van der Waals surface area contributed by atoms with Crippen molar-refractivity contribution >= 4 is 26.9 Å². The number of nitrogens with zero attached hydrogens (tertiary/aromatic N) is 1. The Morgan fingerprint density at radius 1 is 1.29 bits per heavy atom. The first-order valence-corrected chi connectivity index (χ1v) is 13.2. The van der Waals surface area contributed by atoms with Crippen LogP contribution in [0.3, 0.4) is 0 Å². The summed E-state index contributed by atoms with van der Waals surface area (Å²) in [6.07, 6.45) is 3.81. The van der Waals surface area contributed by atoms with E-state index in [1.165, 1.54) is 6.26 Å². The summed E-state index contributed by atoms with van der Waals surface area (Å²) in [5, 5.41) is 0.672. The van der Waals surface area contributed by atoms with Gasteiger partial charge in [0.15, 0.2) is 0 Å². The molecule has 0 bridgehead atoms. The minimum atomic E-state index is -3.27. The molecule has 1 aliphatic heterocycles. The first-order valence-electron chi connectivity index (χ1n) is 11.5. The van der Waals surface area contributed by atoms with E-state index in [1.54, 1.807) is 30.2 Å². The summed E-state index contributed by atoms with van der Waals surface area (Å²) >= 11 is 0. The molecule has 0 spiro atoms. The highest BCUT2D eigenvalue weighted by Gasteiger charge is 2.31. The van der Waals surface area contributed by atoms with Gasteiger partial charge in [0.1, 0.15) is 11.8 Å². The van der Waals surface area contributed by atoms with Crippen LogP contribution in [-0.2, 0) is 15.4 Å². The van der Waals surface area contributed by atoms with Crippen LogP contribution in [-0.4, -0.2) is 49.6 Å². The van der Waals surface area contributed by atoms with E-state index >= 15 is 0 Å². The number of fused-ring (bicyclic) bond motifs is 1. The topological polar surface area (TPSA) is 112 Å². The minimum Gasteiger partial charge on any atom is -0.463 e. The van der Waals surface area contributed by atoms with Crippen LogP contribution >= 0.6 is 0 Å². The molecule has 4 rings (SSSR count). The molecular formula is C25H31N3O5S. The lowest BCUT2D eigenvalue weighted by Gasteiger charge is -2.21. The molecule has 2 N–H and O–H groups in total. The Labute approximate surface area is 199 Å². The van der Waals surface area contributed by atoms with Gasteiger partial charge in [-0.2, -0.15) is 0 Å². The van der Waals surface area contributed by atoms with E-state index in [9.17, 15) is 18.0 Å². The molecule has 3 heterocycles. The molecule has 1 aromatic carbocycles. The number of benzene rings is 1. The molecule has 9 heteroatoms. The molecule has 34 heavy (non-hydrogen) atoms. The highest BCUT2D eigenvalue weighted by molar-refractivity contribution is 7.89. The summed E-state index contributed by atoms with van der Waals surface area (Å²) in [5.74, 6) is -0.0582. The zero-order valence-corrected chi connectivity index (χ0v) is 20.8. The number of aromatic nitrogens is 1. The maximum Gasteiger partial charge on any atom is 0.257 e. The number of nitrogens with one attached hydrogen (secondary N) is 2. The van der Waals surface area contributed by atoms with Gasteiger partial charge in [-0.25, -0.2) is 13.1 Å². The maximum atomic E-state index is 13.5. The second-order valence-electron chi connectivity index (χ2n) is 9.87. The number of H-pyrrole nitrogens is 1. The second kappa shape index (κ2) is 9.03. The Balaban J connectivity index is 1.69. The average molecular weight is 486 g/mol. The number of carbonyl (C=O) groups is 1. The summed E-state index contributed by atoms with van der Waals surface area (Å²) in [4.78, 5) is 30.4. The molecular weight excluding hydrogens is 454 g/mol. The van der Waals surface area contributed by atoms with E-state index in [4.69, 9.17) is 4.42 Å². The third-order valence-electron chi connectivity index (χ3n) is 6.39. The third kappa shape index (κ3) is 4.81. The van der Waals surface area contributed by atoms with Gasteiger partial charge >= 0.3 is 0 Å². The van der Waals surface area contributed by atoms with Gasteiger partial charge in [-0.1, -0.05) is 20.8 Å². The molecule has 0 aliphatic carbocycles. The lowest BCUT2D eigenvalue weighted by Crippen LogP contribution is -2.33. The highest BCUT2D eigenvalue weighted by Crippen LogP contribution is 2.37. The minimum absolute atomic E-state index is 0.0338. The fraction of sp³-hybridized carbons (Fsp3) is 0.440. The lowest BCUT2D eigenvalue weighted by molar-refractivity contribution is 0.0788. The Morgan fingerprint density at radius 2 is 2.06 bits per heavy atom. The quantitative estimate of drug-likeness (QED) is 0.555. The van der Waals surface area contributed by atoms with E-state index in [2.05, 4.69) is 30.5 Å². The molecule has 0 saturated carbocycles. The zero-order valence-electron chi connectivity index (χ0n) is 20.0. The number of aromatic amines is 1. The molecule has 1 saturated heterocycles. The highest BCUT2D eigenvalue weighted by atomic mass is 32.2. The Hall–Kier alpha value is -2.91. The van der Waals surface area contributed by atoms with E-state index in [1.807, 2.05) is 12.1 Å². The standard InChI is InChI=1S/C25H31N3O5S/c1-5-34(31,32)27-13-16-8-10-28(14-16)24(30)20-15-33-22-19(20)11-17(12-21(22)25(2,3)4)18-7-6-9-26-23(18)29/h6-7,9,11-12,15-16,27H,5,8,10,13-14H2,1-4H3,(H,26,29)/t16-/m1/s1. The van der Waals surface area contributed by atoms with Gasteiger partial charge in [-0.15, -0.1) is 0 Å². The van der Waals surface area contributed by atoms with Crippen LogP contribution in [0.15, 0.2) is 45.9 Å². The van der Waals surface area contributed by atoms with E-state index in [0.29, 0.717) is 41.7 Å². The third-order valence-corrected chi connectivity index (χ3v) is 7.75. The van der Waals surface area contributed by atoms with Gasteiger partial charge in [0.05, 0.1) is 11.3 Å². The van der Waals surface area contributed by atoms with Gasteiger partial charge in [0, 0.05) is 42.3 Å². The van der Waals surface area contributed by atoms with Gasteiger partial charge < -0.3 is 14.3 Å². The van der Waals surface area contributed by atoms with E-state index in [0.717, 1.165) is 17.5 Å². The average Bonchev–Trinajstić information content (AvgIpc) is 3.44. The smallest absolute Gasteiger partial charge is 0.257 e. The number of hydrogen-bond acceptors (Lipinski definition) is 5.